The predicted molar refractivity (Wildman–Crippen MR) is 66.9 cm³/mol. The van der Waals surface area contributed by atoms with E-state index in [0.717, 1.165) is 18.5 Å². The summed E-state index contributed by atoms with van der Waals surface area (Å²) in [7, 11) is 1.93. The van der Waals surface area contributed by atoms with Gasteiger partial charge in [-0.3, -0.25) is 15.1 Å². The summed E-state index contributed by atoms with van der Waals surface area (Å²) in [5.74, 6) is 0.616. The average molecular weight is 237 g/mol. The highest BCUT2D eigenvalue weighted by Crippen LogP contribution is 2.12. The Morgan fingerprint density at radius 1 is 1.47 bits per heavy atom. The number of aromatic nitrogens is 1. The fourth-order valence-electron chi connectivity index (χ4n) is 1.77. The van der Waals surface area contributed by atoms with Crippen LogP contribution in [0.15, 0.2) is 18.3 Å². The summed E-state index contributed by atoms with van der Waals surface area (Å²) in [6.45, 7) is 4.35. The molecule has 0 aliphatic carbocycles. The molecular formula is C12H19N3O2. The Bertz CT molecular complexity index is 363. The standard InChI is InChI=1S/C12H19N3O2/c1-9(2)6-11(13-3)7-10-4-5-12(8-14-10)15(16)17/h4-5,8-9,11,13H,6-7H2,1-3H3. The van der Waals surface area contributed by atoms with E-state index >= 15 is 0 Å². The van der Waals surface area contributed by atoms with Crippen molar-refractivity contribution >= 4 is 5.69 Å². The van der Waals surface area contributed by atoms with E-state index in [-0.39, 0.29) is 5.69 Å². The Morgan fingerprint density at radius 3 is 2.59 bits per heavy atom. The first-order valence-corrected chi connectivity index (χ1v) is 5.79. The molecule has 1 aromatic heterocycles. The molecule has 0 bridgehead atoms. The zero-order valence-corrected chi connectivity index (χ0v) is 10.5. The van der Waals surface area contributed by atoms with E-state index in [2.05, 4.69) is 24.1 Å². The monoisotopic (exact) mass is 237 g/mol. The third-order valence-corrected chi connectivity index (χ3v) is 2.64. The third kappa shape index (κ3) is 4.48. The Morgan fingerprint density at radius 2 is 2.18 bits per heavy atom. The van der Waals surface area contributed by atoms with Gasteiger partial charge in [0.1, 0.15) is 6.20 Å². The van der Waals surface area contributed by atoms with Crippen molar-refractivity contribution in [2.24, 2.45) is 5.92 Å². The Balaban J connectivity index is 2.64. The molecule has 0 fully saturated rings. The number of hydrogen-bond acceptors (Lipinski definition) is 4. The summed E-state index contributed by atoms with van der Waals surface area (Å²) in [5, 5.41) is 13.7. The molecule has 0 aliphatic heterocycles. The van der Waals surface area contributed by atoms with Gasteiger partial charge in [-0.1, -0.05) is 13.8 Å². The van der Waals surface area contributed by atoms with Gasteiger partial charge in [0.15, 0.2) is 0 Å². The van der Waals surface area contributed by atoms with E-state index in [0.29, 0.717) is 12.0 Å². The fraction of sp³-hybridized carbons (Fsp3) is 0.583. The Kier molecular flexibility index (Phi) is 5.03. The summed E-state index contributed by atoms with van der Waals surface area (Å²) in [6.07, 6.45) is 3.18. The van der Waals surface area contributed by atoms with Crippen molar-refractivity contribution in [2.75, 3.05) is 7.05 Å². The molecule has 0 saturated heterocycles. The topological polar surface area (TPSA) is 68.1 Å². The smallest absolute Gasteiger partial charge is 0.287 e. The second-order valence-electron chi connectivity index (χ2n) is 4.58. The zero-order chi connectivity index (χ0) is 12.8. The molecule has 1 heterocycles. The van der Waals surface area contributed by atoms with Crippen LogP contribution in [0.5, 0.6) is 0 Å². The molecule has 0 saturated carbocycles. The number of nitrogens with zero attached hydrogens (tertiary/aromatic N) is 2. The van der Waals surface area contributed by atoms with Gasteiger partial charge in [0, 0.05) is 24.2 Å². The van der Waals surface area contributed by atoms with Gasteiger partial charge >= 0.3 is 0 Å². The van der Waals surface area contributed by atoms with Crippen LogP contribution in [0.3, 0.4) is 0 Å². The number of nitrogens with one attached hydrogen (secondary N) is 1. The molecule has 1 atom stereocenters. The highest BCUT2D eigenvalue weighted by Gasteiger charge is 2.11. The molecule has 0 radical (unpaired) electrons. The van der Waals surface area contributed by atoms with E-state index < -0.39 is 4.92 Å². The summed E-state index contributed by atoms with van der Waals surface area (Å²) < 4.78 is 0. The van der Waals surface area contributed by atoms with Gasteiger partial charge < -0.3 is 5.32 Å². The Hall–Kier alpha value is -1.49. The van der Waals surface area contributed by atoms with Gasteiger partial charge in [-0.05, 0) is 25.5 Å². The minimum atomic E-state index is -0.430. The highest BCUT2D eigenvalue weighted by atomic mass is 16.6. The molecule has 0 amide bonds. The first kappa shape index (κ1) is 13.6. The minimum absolute atomic E-state index is 0.0404. The molecule has 1 aromatic rings. The van der Waals surface area contributed by atoms with Gasteiger partial charge in [0.25, 0.3) is 5.69 Å². The molecule has 5 nitrogen and oxygen atoms in total. The second kappa shape index (κ2) is 6.30. The number of nitro groups is 1. The van der Waals surface area contributed by atoms with Gasteiger partial charge in [0.05, 0.1) is 4.92 Å². The van der Waals surface area contributed by atoms with Crippen LogP contribution in [0, 0.1) is 16.0 Å². The highest BCUT2D eigenvalue weighted by molar-refractivity contribution is 5.26. The normalized spacial score (nSPS) is 12.7. The van der Waals surface area contributed by atoms with Crippen molar-refractivity contribution < 1.29 is 4.92 Å². The number of pyridine rings is 1. The molecule has 0 aliphatic rings. The molecule has 1 rings (SSSR count). The lowest BCUT2D eigenvalue weighted by Crippen LogP contribution is -2.29. The van der Waals surface area contributed by atoms with E-state index in [1.807, 2.05) is 7.05 Å². The fourth-order valence-corrected chi connectivity index (χ4v) is 1.77. The average Bonchev–Trinajstić information content (AvgIpc) is 2.28. The van der Waals surface area contributed by atoms with E-state index in [9.17, 15) is 10.1 Å². The minimum Gasteiger partial charge on any atom is -0.317 e. The van der Waals surface area contributed by atoms with Crippen LogP contribution >= 0.6 is 0 Å². The number of rotatable bonds is 6. The van der Waals surface area contributed by atoms with Crippen molar-refractivity contribution in [1.82, 2.24) is 10.3 Å². The molecule has 1 unspecified atom stereocenters. The van der Waals surface area contributed by atoms with Gasteiger partial charge in [-0.25, -0.2) is 0 Å². The summed E-state index contributed by atoms with van der Waals surface area (Å²) in [6, 6.07) is 3.59. The molecule has 94 valence electrons. The van der Waals surface area contributed by atoms with Crippen molar-refractivity contribution in [2.45, 2.75) is 32.7 Å². The van der Waals surface area contributed by atoms with Crippen molar-refractivity contribution in [1.29, 1.82) is 0 Å². The van der Waals surface area contributed by atoms with Gasteiger partial charge in [-0.2, -0.15) is 0 Å². The van der Waals surface area contributed by atoms with E-state index in [4.69, 9.17) is 0 Å². The maximum Gasteiger partial charge on any atom is 0.287 e. The first-order chi connectivity index (χ1) is 8.02. The molecule has 1 N–H and O–H groups in total. The zero-order valence-electron chi connectivity index (χ0n) is 10.5. The lowest BCUT2D eigenvalue weighted by molar-refractivity contribution is -0.385. The van der Waals surface area contributed by atoms with E-state index in [1.165, 1.54) is 12.3 Å². The molecule has 5 heteroatoms. The largest absolute Gasteiger partial charge is 0.317 e. The van der Waals surface area contributed by atoms with Crippen molar-refractivity contribution in [3.8, 4) is 0 Å². The lowest BCUT2D eigenvalue weighted by Gasteiger charge is -2.17. The SMILES string of the molecule is CNC(Cc1ccc([N+](=O)[O-])cn1)CC(C)C. The van der Waals surface area contributed by atoms with Gasteiger partial charge in [-0.15, -0.1) is 0 Å². The molecule has 0 aromatic carbocycles. The number of likely N-dealkylation sites (N-methyl/N-ethyl adjacent to an activating group) is 1. The van der Waals surface area contributed by atoms with Crippen molar-refractivity contribution in [3.05, 3.63) is 34.1 Å². The van der Waals surface area contributed by atoms with Crippen LogP contribution in [0.2, 0.25) is 0 Å². The second-order valence-corrected chi connectivity index (χ2v) is 4.58. The van der Waals surface area contributed by atoms with E-state index in [1.54, 1.807) is 6.07 Å². The summed E-state index contributed by atoms with van der Waals surface area (Å²) >= 11 is 0. The first-order valence-electron chi connectivity index (χ1n) is 5.79. The molecule has 17 heavy (non-hydrogen) atoms. The predicted octanol–water partition coefficient (Wildman–Crippen LogP) is 2.17. The van der Waals surface area contributed by atoms with Crippen LogP contribution in [-0.2, 0) is 6.42 Å². The quantitative estimate of drug-likeness (QED) is 0.608. The van der Waals surface area contributed by atoms with Crippen LogP contribution in [0.1, 0.15) is 26.0 Å². The number of hydrogen-bond donors (Lipinski definition) is 1. The van der Waals surface area contributed by atoms with Gasteiger partial charge in [0.2, 0.25) is 0 Å². The third-order valence-electron chi connectivity index (χ3n) is 2.64. The maximum atomic E-state index is 10.5. The Labute approximate surface area is 101 Å². The maximum absolute atomic E-state index is 10.5. The van der Waals surface area contributed by atoms with Crippen LogP contribution < -0.4 is 5.32 Å². The molecular weight excluding hydrogens is 218 g/mol. The van der Waals surface area contributed by atoms with Crippen molar-refractivity contribution in [3.63, 3.8) is 0 Å². The molecule has 0 spiro atoms. The van der Waals surface area contributed by atoms with Crippen LogP contribution in [0.4, 0.5) is 5.69 Å². The van der Waals surface area contributed by atoms with Crippen LogP contribution in [0.25, 0.3) is 0 Å². The van der Waals surface area contributed by atoms with Crippen LogP contribution in [-0.4, -0.2) is 23.0 Å². The summed E-state index contributed by atoms with van der Waals surface area (Å²) in [4.78, 5) is 14.2. The summed E-state index contributed by atoms with van der Waals surface area (Å²) in [5.41, 5.74) is 0.925. The lowest BCUT2D eigenvalue weighted by atomic mass is 10.00.